The van der Waals surface area contributed by atoms with Crippen molar-refractivity contribution in [2.24, 2.45) is 0 Å². The molecule has 0 spiro atoms. The molecule has 0 aliphatic rings. The molecule has 5 heteroatoms. The SMILES string of the molecule is CN(Cc1ccc(C(=O)O)cc1F)Cc1ccccc1Cl. The summed E-state index contributed by atoms with van der Waals surface area (Å²) in [7, 11) is 1.86. The molecule has 21 heavy (non-hydrogen) atoms. The second-order valence-electron chi connectivity index (χ2n) is 4.88. The zero-order valence-corrected chi connectivity index (χ0v) is 12.3. The first-order chi connectivity index (χ1) is 9.97. The molecule has 0 aromatic heterocycles. The normalized spacial score (nSPS) is 10.9. The van der Waals surface area contributed by atoms with Crippen molar-refractivity contribution in [2.45, 2.75) is 13.1 Å². The summed E-state index contributed by atoms with van der Waals surface area (Å²) in [5, 5.41) is 9.49. The van der Waals surface area contributed by atoms with Crippen molar-refractivity contribution in [3.05, 3.63) is 70.0 Å². The molecule has 0 radical (unpaired) electrons. The number of aromatic carboxylic acids is 1. The molecule has 0 fully saturated rings. The maximum atomic E-state index is 13.9. The number of hydrogen-bond acceptors (Lipinski definition) is 2. The quantitative estimate of drug-likeness (QED) is 0.913. The molecule has 2 aromatic rings. The van der Waals surface area contributed by atoms with Gasteiger partial charge in [-0.2, -0.15) is 0 Å². The van der Waals surface area contributed by atoms with Crippen LogP contribution in [0.2, 0.25) is 5.02 Å². The monoisotopic (exact) mass is 307 g/mol. The second-order valence-corrected chi connectivity index (χ2v) is 5.28. The lowest BCUT2D eigenvalue weighted by Crippen LogP contribution is -2.18. The van der Waals surface area contributed by atoms with Crippen molar-refractivity contribution in [1.29, 1.82) is 0 Å². The predicted octanol–water partition coefficient (Wildman–Crippen LogP) is 3.81. The number of nitrogens with zero attached hydrogens (tertiary/aromatic N) is 1. The maximum Gasteiger partial charge on any atom is 0.335 e. The van der Waals surface area contributed by atoms with Crippen molar-refractivity contribution in [1.82, 2.24) is 4.90 Å². The molecule has 0 aliphatic heterocycles. The first-order valence-corrected chi connectivity index (χ1v) is 6.79. The van der Waals surface area contributed by atoms with E-state index in [1.54, 1.807) is 0 Å². The van der Waals surface area contributed by atoms with E-state index in [0.29, 0.717) is 23.7 Å². The van der Waals surface area contributed by atoms with Gasteiger partial charge >= 0.3 is 5.97 Å². The minimum Gasteiger partial charge on any atom is -0.478 e. The van der Waals surface area contributed by atoms with E-state index in [9.17, 15) is 9.18 Å². The fraction of sp³-hybridized carbons (Fsp3) is 0.188. The van der Waals surface area contributed by atoms with Gasteiger partial charge in [0.05, 0.1) is 5.56 Å². The molecule has 0 aliphatic carbocycles. The molecule has 0 unspecified atom stereocenters. The van der Waals surface area contributed by atoms with E-state index in [0.717, 1.165) is 11.6 Å². The van der Waals surface area contributed by atoms with Gasteiger partial charge in [-0.3, -0.25) is 4.90 Å². The molecule has 0 heterocycles. The molecular weight excluding hydrogens is 293 g/mol. The number of halogens is 2. The van der Waals surface area contributed by atoms with Crippen molar-refractivity contribution >= 4 is 17.6 Å². The average molecular weight is 308 g/mol. The minimum absolute atomic E-state index is 0.0509. The summed E-state index contributed by atoms with van der Waals surface area (Å²) in [6.45, 7) is 0.955. The number of benzene rings is 2. The van der Waals surface area contributed by atoms with E-state index >= 15 is 0 Å². The Balaban J connectivity index is 2.08. The summed E-state index contributed by atoms with van der Waals surface area (Å²) in [6.07, 6.45) is 0. The van der Waals surface area contributed by atoms with E-state index in [1.165, 1.54) is 12.1 Å². The average Bonchev–Trinajstić information content (AvgIpc) is 2.43. The highest BCUT2D eigenvalue weighted by Gasteiger charge is 2.11. The molecule has 2 rings (SSSR count). The Labute approximate surface area is 127 Å². The number of carbonyl (C=O) groups is 1. The topological polar surface area (TPSA) is 40.5 Å². The molecule has 110 valence electrons. The van der Waals surface area contributed by atoms with E-state index in [4.69, 9.17) is 16.7 Å². The first-order valence-electron chi connectivity index (χ1n) is 6.41. The third-order valence-electron chi connectivity index (χ3n) is 3.14. The lowest BCUT2D eigenvalue weighted by Gasteiger charge is -2.18. The highest BCUT2D eigenvalue weighted by Crippen LogP contribution is 2.18. The highest BCUT2D eigenvalue weighted by molar-refractivity contribution is 6.31. The third kappa shape index (κ3) is 4.03. The number of rotatable bonds is 5. The molecule has 3 nitrogen and oxygen atoms in total. The molecule has 1 N–H and O–H groups in total. The summed E-state index contributed by atoms with van der Waals surface area (Å²) in [4.78, 5) is 12.7. The predicted molar refractivity (Wildman–Crippen MR) is 80.0 cm³/mol. The summed E-state index contributed by atoms with van der Waals surface area (Å²) in [6, 6.07) is 11.4. The molecule has 2 aromatic carbocycles. The highest BCUT2D eigenvalue weighted by atomic mass is 35.5. The van der Waals surface area contributed by atoms with Crippen LogP contribution in [-0.4, -0.2) is 23.0 Å². The molecule has 0 amide bonds. The lowest BCUT2D eigenvalue weighted by atomic mass is 10.1. The van der Waals surface area contributed by atoms with Crippen LogP contribution in [0.15, 0.2) is 42.5 Å². The van der Waals surface area contributed by atoms with Crippen LogP contribution in [0, 0.1) is 5.82 Å². The van der Waals surface area contributed by atoms with Crippen LogP contribution in [-0.2, 0) is 13.1 Å². The van der Waals surface area contributed by atoms with E-state index in [2.05, 4.69) is 0 Å². The summed E-state index contributed by atoms with van der Waals surface area (Å²) in [5.41, 5.74) is 1.36. The van der Waals surface area contributed by atoms with Crippen molar-refractivity contribution in [3.63, 3.8) is 0 Å². The van der Waals surface area contributed by atoms with Crippen molar-refractivity contribution < 1.29 is 14.3 Å². The summed E-state index contributed by atoms with van der Waals surface area (Å²) >= 11 is 6.09. The van der Waals surface area contributed by atoms with Crippen LogP contribution in [0.25, 0.3) is 0 Å². The van der Waals surface area contributed by atoms with Gasteiger partial charge in [-0.15, -0.1) is 0 Å². The third-order valence-corrected chi connectivity index (χ3v) is 3.51. The summed E-state index contributed by atoms with van der Waals surface area (Å²) in [5.74, 6) is -1.65. The van der Waals surface area contributed by atoms with Crippen LogP contribution in [0.1, 0.15) is 21.5 Å². The van der Waals surface area contributed by atoms with Crippen LogP contribution in [0.4, 0.5) is 4.39 Å². The minimum atomic E-state index is -1.13. The van der Waals surface area contributed by atoms with Gasteiger partial charge < -0.3 is 5.11 Å². The Morgan fingerprint density at radius 2 is 1.86 bits per heavy atom. The lowest BCUT2D eigenvalue weighted by molar-refractivity contribution is 0.0696. The van der Waals surface area contributed by atoms with Crippen LogP contribution in [0.3, 0.4) is 0 Å². The van der Waals surface area contributed by atoms with Gasteiger partial charge in [0.15, 0.2) is 0 Å². The van der Waals surface area contributed by atoms with Gasteiger partial charge in [-0.1, -0.05) is 35.9 Å². The Bertz CT molecular complexity index is 660. The Hall–Kier alpha value is -1.91. The standard InChI is InChI=1S/C16H15ClFNO2/c1-19(9-12-4-2-3-5-14(12)17)10-13-7-6-11(16(20)21)8-15(13)18/h2-8H,9-10H2,1H3,(H,20,21). The van der Waals surface area contributed by atoms with Crippen LogP contribution in [0.5, 0.6) is 0 Å². The molecular formula is C16H15ClFNO2. The smallest absolute Gasteiger partial charge is 0.335 e. The Morgan fingerprint density at radius 3 is 2.48 bits per heavy atom. The van der Waals surface area contributed by atoms with Gasteiger partial charge in [0.25, 0.3) is 0 Å². The van der Waals surface area contributed by atoms with Gasteiger partial charge in [-0.25, -0.2) is 9.18 Å². The van der Waals surface area contributed by atoms with Crippen LogP contribution >= 0.6 is 11.6 Å². The fourth-order valence-corrected chi connectivity index (χ4v) is 2.27. The Kier molecular flexibility index (Phi) is 4.94. The van der Waals surface area contributed by atoms with E-state index in [-0.39, 0.29) is 5.56 Å². The van der Waals surface area contributed by atoms with E-state index < -0.39 is 11.8 Å². The number of carboxylic acid groups (broad SMARTS) is 1. The molecule has 0 saturated heterocycles. The zero-order chi connectivity index (χ0) is 15.4. The van der Waals surface area contributed by atoms with Crippen LogP contribution < -0.4 is 0 Å². The number of carboxylic acids is 1. The summed E-state index contributed by atoms with van der Waals surface area (Å²) < 4.78 is 13.9. The Morgan fingerprint density at radius 1 is 1.19 bits per heavy atom. The first kappa shape index (κ1) is 15.5. The van der Waals surface area contributed by atoms with E-state index in [1.807, 2.05) is 36.2 Å². The van der Waals surface area contributed by atoms with Gasteiger partial charge in [0.2, 0.25) is 0 Å². The van der Waals surface area contributed by atoms with Gasteiger partial charge in [0, 0.05) is 23.7 Å². The van der Waals surface area contributed by atoms with Crippen molar-refractivity contribution in [2.75, 3.05) is 7.05 Å². The van der Waals surface area contributed by atoms with Gasteiger partial charge in [0.1, 0.15) is 5.82 Å². The molecule has 0 atom stereocenters. The zero-order valence-electron chi connectivity index (χ0n) is 11.5. The van der Waals surface area contributed by atoms with Gasteiger partial charge in [-0.05, 0) is 30.8 Å². The molecule has 0 saturated carbocycles. The fourth-order valence-electron chi connectivity index (χ4n) is 2.07. The second kappa shape index (κ2) is 6.70. The largest absolute Gasteiger partial charge is 0.478 e. The number of hydrogen-bond donors (Lipinski definition) is 1. The van der Waals surface area contributed by atoms with Crippen molar-refractivity contribution in [3.8, 4) is 0 Å². The molecule has 0 bridgehead atoms. The maximum absolute atomic E-state index is 13.9.